The highest BCUT2D eigenvalue weighted by atomic mass is 14.2. The molecule has 0 amide bonds. The molecule has 0 aromatic heterocycles. The summed E-state index contributed by atoms with van der Waals surface area (Å²) in [6.45, 7) is 4.30. The summed E-state index contributed by atoms with van der Waals surface area (Å²) in [5.41, 5.74) is 0. The fourth-order valence-corrected chi connectivity index (χ4v) is 3.92. The zero-order chi connectivity index (χ0) is 14.2. The molecule has 112 valence electrons. The first kappa shape index (κ1) is 15.6. The monoisotopic (exact) mass is 272 g/mol. The van der Waals surface area contributed by atoms with Crippen molar-refractivity contribution in [1.29, 1.82) is 0 Å². The molecule has 0 N–H and O–H groups in total. The van der Waals surface area contributed by atoms with Gasteiger partial charge < -0.3 is 0 Å². The average Bonchev–Trinajstić information content (AvgIpc) is 2.49. The summed E-state index contributed by atoms with van der Waals surface area (Å²) in [6, 6.07) is 0. The second-order valence-corrected chi connectivity index (χ2v) is 6.79. The van der Waals surface area contributed by atoms with Gasteiger partial charge in [0.05, 0.1) is 0 Å². The number of rotatable bonds is 4. The van der Waals surface area contributed by atoms with Gasteiger partial charge in [-0.1, -0.05) is 36.5 Å². The van der Waals surface area contributed by atoms with E-state index < -0.39 is 0 Å². The zero-order valence-corrected chi connectivity index (χ0v) is 13.4. The Kier molecular flexibility index (Phi) is 6.63. The molecule has 0 atom stereocenters. The Morgan fingerprint density at radius 2 is 0.700 bits per heavy atom. The standard InChI is InChI=1S/C20H32/c1-3-5-17-7-11-19(12-8-17)15-16-20-13-9-18(6-4-2)10-14-20/h3-6,15-20H,7-14H2,1-2H3/b5-3+,6-4+,16-15+. The van der Waals surface area contributed by atoms with Crippen LogP contribution in [0.4, 0.5) is 0 Å². The minimum absolute atomic E-state index is 0.862. The molecule has 0 heterocycles. The van der Waals surface area contributed by atoms with Crippen LogP contribution < -0.4 is 0 Å². The lowest BCUT2D eigenvalue weighted by Gasteiger charge is -2.27. The van der Waals surface area contributed by atoms with Crippen LogP contribution in [0.3, 0.4) is 0 Å². The molecular weight excluding hydrogens is 240 g/mol. The van der Waals surface area contributed by atoms with E-state index in [0.29, 0.717) is 0 Å². The number of allylic oxidation sites excluding steroid dienone is 6. The van der Waals surface area contributed by atoms with Gasteiger partial charge in [-0.2, -0.15) is 0 Å². The maximum absolute atomic E-state index is 2.56. The van der Waals surface area contributed by atoms with Crippen LogP contribution in [0.15, 0.2) is 36.5 Å². The van der Waals surface area contributed by atoms with Gasteiger partial charge in [0.15, 0.2) is 0 Å². The summed E-state index contributed by atoms with van der Waals surface area (Å²) >= 11 is 0. The Bertz CT molecular complexity index is 297. The Balaban J connectivity index is 1.69. The van der Waals surface area contributed by atoms with E-state index in [0.717, 1.165) is 23.7 Å². The highest BCUT2D eigenvalue weighted by Crippen LogP contribution is 2.33. The van der Waals surface area contributed by atoms with Crippen molar-refractivity contribution in [3.63, 3.8) is 0 Å². The van der Waals surface area contributed by atoms with Crippen molar-refractivity contribution in [2.24, 2.45) is 23.7 Å². The molecular formula is C20H32. The van der Waals surface area contributed by atoms with E-state index in [1.807, 2.05) is 0 Å². The number of hydrogen-bond acceptors (Lipinski definition) is 0. The lowest BCUT2D eigenvalue weighted by Crippen LogP contribution is -2.13. The Morgan fingerprint density at radius 3 is 0.950 bits per heavy atom. The molecule has 0 aromatic rings. The van der Waals surface area contributed by atoms with E-state index in [1.165, 1.54) is 51.4 Å². The highest BCUT2D eigenvalue weighted by molar-refractivity contribution is 4.99. The molecule has 0 spiro atoms. The van der Waals surface area contributed by atoms with Crippen LogP contribution in [0.25, 0.3) is 0 Å². The molecule has 0 bridgehead atoms. The molecule has 2 saturated carbocycles. The molecule has 0 aromatic carbocycles. The van der Waals surface area contributed by atoms with Crippen LogP contribution in [0, 0.1) is 23.7 Å². The van der Waals surface area contributed by atoms with Crippen molar-refractivity contribution in [3.8, 4) is 0 Å². The van der Waals surface area contributed by atoms with Gasteiger partial charge >= 0.3 is 0 Å². The summed E-state index contributed by atoms with van der Waals surface area (Å²) in [4.78, 5) is 0. The van der Waals surface area contributed by atoms with E-state index in [1.54, 1.807) is 0 Å². The van der Waals surface area contributed by atoms with Gasteiger partial charge in [-0.15, -0.1) is 0 Å². The van der Waals surface area contributed by atoms with Crippen LogP contribution >= 0.6 is 0 Å². The molecule has 0 unspecified atom stereocenters. The summed E-state index contributed by atoms with van der Waals surface area (Å²) in [5.74, 6) is 3.45. The minimum Gasteiger partial charge on any atom is -0.0914 e. The lowest BCUT2D eigenvalue weighted by atomic mass is 9.79. The zero-order valence-electron chi connectivity index (χ0n) is 13.4. The molecule has 0 saturated heterocycles. The second kappa shape index (κ2) is 8.49. The van der Waals surface area contributed by atoms with E-state index in [-0.39, 0.29) is 0 Å². The smallest absolute Gasteiger partial charge is 0.0233 e. The van der Waals surface area contributed by atoms with Gasteiger partial charge in [0.25, 0.3) is 0 Å². The van der Waals surface area contributed by atoms with Gasteiger partial charge in [-0.3, -0.25) is 0 Å². The predicted molar refractivity (Wildman–Crippen MR) is 89.7 cm³/mol. The maximum atomic E-state index is 2.56. The van der Waals surface area contributed by atoms with Gasteiger partial charge in [0.2, 0.25) is 0 Å². The SMILES string of the molecule is C/C=C/C1CCC(/C=C/C2CCC(/C=C/C)CC2)CC1. The molecule has 2 rings (SSSR count). The van der Waals surface area contributed by atoms with Crippen molar-refractivity contribution in [3.05, 3.63) is 36.5 Å². The first-order chi connectivity index (χ1) is 9.81. The molecule has 0 aliphatic heterocycles. The van der Waals surface area contributed by atoms with E-state index in [9.17, 15) is 0 Å². The fourth-order valence-electron chi connectivity index (χ4n) is 3.92. The largest absolute Gasteiger partial charge is 0.0914 e. The van der Waals surface area contributed by atoms with Crippen molar-refractivity contribution in [2.45, 2.75) is 65.2 Å². The van der Waals surface area contributed by atoms with Crippen LogP contribution in [0.2, 0.25) is 0 Å². The maximum Gasteiger partial charge on any atom is -0.0233 e. The molecule has 2 aliphatic rings. The predicted octanol–water partition coefficient (Wildman–Crippen LogP) is 6.31. The van der Waals surface area contributed by atoms with Crippen molar-refractivity contribution in [2.75, 3.05) is 0 Å². The Hall–Kier alpha value is -0.780. The third kappa shape index (κ3) is 4.96. The van der Waals surface area contributed by atoms with Gasteiger partial charge in [0, 0.05) is 0 Å². The Morgan fingerprint density at radius 1 is 0.450 bits per heavy atom. The Labute approximate surface area is 126 Å². The lowest BCUT2D eigenvalue weighted by molar-refractivity contribution is 0.342. The molecule has 2 aliphatic carbocycles. The van der Waals surface area contributed by atoms with Gasteiger partial charge in [-0.05, 0) is 88.9 Å². The minimum atomic E-state index is 0.862. The second-order valence-electron chi connectivity index (χ2n) is 6.79. The van der Waals surface area contributed by atoms with Crippen LogP contribution in [-0.2, 0) is 0 Å². The van der Waals surface area contributed by atoms with Crippen LogP contribution in [0.1, 0.15) is 65.2 Å². The highest BCUT2D eigenvalue weighted by Gasteiger charge is 2.19. The quantitative estimate of drug-likeness (QED) is 0.526. The topological polar surface area (TPSA) is 0 Å². The van der Waals surface area contributed by atoms with E-state index in [2.05, 4.69) is 50.3 Å². The number of hydrogen-bond donors (Lipinski definition) is 0. The summed E-state index contributed by atoms with van der Waals surface area (Å²) < 4.78 is 0. The molecule has 0 heteroatoms. The molecule has 0 radical (unpaired) electrons. The van der Waals surface area contributed by atoms with E-state index in [4.69, 9.17) is 0 Å². The molecule has 2 fully saturated rings. The molecule has 0 nitrogen and oxygen atoms in total. The first-order valence-electron chi connectivity index (χ1n) is 8.75. The fraction of sp³-hybridized carbons (Fsp3) is 0.700. The summed E-state index contributed by atoms with van der Waals surface area (Å²) in [6.07, 6.45) is 25.6. The van der Waals surface area contributed by atoms with Crippen LogP contribution in [-0.4, -0.2) is 0 Å². The average molecular weight is 272 g/mol. The summed E-state index contributed by atoms with van der Waals surface area (Å²) in [7, 11) is 0. The van der Waals surface area contributed by atoms with E-state index >= 15 is 0 Å². The van der Waals surface area contributed by atoms with Gasteiger partial charge in [0.1, 0.15) is 0 Å². The van der Waals surface area contributed by atoms with Crippen molar-refractivity contribution in [1.82, 2.24) is 0 Å². The first-order valence-corrected chi connectivity index (χ1v) is 8.75. The van der Waals surface area contributed by atoms with Gasteiger partial charge in [-0.25, -0.2) is 0 Å². The van der Waals surface area contributed by atoms with Crippen molar-refractivity contribution < 1.29 is 0 Å². The normalized spacial score (nSPS) is 36.3. The summed E-state index contributed by atoms with van der Waals surface area (Å²) in [5, 5.41) is 0. The third-order valence-corrected chi connectivity index (χ3v) is 5.22. The molecule has 20 heavy (non-hydrogen) atoms. The van der Waals surface area contributed by atoms with Crippen LogP contribution in [0.5, 0.6) is 0 Å². The third-order valence-electron chi connectivity index (χ3n) is 5.22. The van der Waals surface area contributed by atoms with Crippen molar-refractivity contribution >= 4 is 0 Å².